The molecule has 1 saturated heterocycles. The van der Waals surface area contributed by atoms with E-state index in [0.717, 1.165) is 0 Å². The molecule has 1 aliphatic rings. The number of hydrogen-bond acceptors (Lipinski definition) is 4. The number of halogens is 1. The van der Waals surface area contributed by atoms with E-state index >= 15 is 0 Å². The largest absolute Gasteiger partial charge is 0.457 e. The second-order valence-electron chi connectivity index (χ2n) is 6.42. The van der Waals surface area contributed by atoms with Crippen molar-refractivity contribution in [1.82, 2.24) is 5.32 Å². The van der Waals surface area contributed by atoms with Crippen LogP contribution in [-0.4, -0.2) is 16.9 Å². The third-order valence-corrected chi connectivity index (χ3v) is 4.87. The molecule has 2 amide bonds. The van der Waals surface area contributed by atoms with E-state index in [-0.39, 0.29) is 10.7 Å². The van der Waals surface area contributed by atoms with E-state index in [1.807, 2.05) is 30.3 Å². The lowest BCUT2D eigenvalue weighted by molar-refractivity contribution is -0.122. The number of carbonyl (C=O) groups excluding carboxylic acids is 2. The Kier molecular flexibility index (Phi) is 5.61. The predicted molar refractivity (Wildman–Crippen MR) is 121 cm³/mol. The fourth-order valence-corrected chi connectivity index (χ4v) is 3.35. The normalized spacial score (nSPS) is 15.3. The summed E-state index contributed by atoms with van der Waals surface area (Å²) >= 11 is 11.1. The summed E-state index contributed by atoms with van der Waals surface area (Å²) in [7, 11) is 0. The minimum atomic E-state index is -0.551. The van der Waals surface area contributed by atoms with Crippen LogP contribution in [0.15, 0.2) is 84.4 Å². The number of nitrogens with one attached hydrogen (secondary N) is 1. The van der Waals surface area contributed by atoms with Crippen LogP contribution in [0, 0.1) is 0 Å². The maximum atomic E-state index is 13.1. The Morgan fingerprint density at radius 1 is 0.900 bits per heavy atom. The molecule has 4 rings (SSSR count). The van der Waals surface area contributed by atoms with Gasteiger partial charge in [-0.05, 0) is 72.4 Å². The standard InChI is InChI=1S/C23H15ClN2O3S/c24-16-9-11-17(12-10-16)26-22(28)20(21(27)25-23(26)30)14-15-5-4-8-19(13-15)29-18-6-2-1-3-7-18/h1-14H,(H,25,27,30). The highest BCUT2D eigenvalue weighted by Gasteiger charge is 2.34. The molecule has 3 aromatic carbocycles. The molecule has 1 heterocycles. The Morgan fingerprint density at radius 3 is 2.33 bits per heavy atom. The summed E-state index contributed by atoms with van der Waals surface area (Å²) in [4.78, 5) is 26.8. The Morgan fingerprint density at radius 2 is 1.60 bits per heavy atom. The Hall–Kier alpha value is -3.48. The van der Waals surface area contributed by atoms with Gasteiger partial charge in [-0.3, -0.25) is 19.8 Å². The number of thiocarbonyl (C=S) groups is 1. The van der Waals surface area contributed by atoms with Crippen molar-refractivity contribution in [3.8, 4) is 11.5 Å². The molecule has 1 aliphatic heterocycles. The van der Waals surface area contributed by atoms with Gasteiger partial charge in [-0.15, -0.1) is 0 Å². The van der Waals surface area contributed by atoms with Crippen molar-refractivity contribution in [2.24, 2.45) is 0 Å². The van der Waals surface area contributed by atoms with E-state index < -0.39 is 11.8 Å². The summed E-state index contributed by atoms with van der Waals surface area (Å²) in [5.41, 5.74) is 1.13. The first kappa shape index (κ1) is 19.8. The van der Waals surface area contributed by atoms with Crippen LogP contribution >= 0.6 is 23.8 Å². The van der Waals surface area contributed by atoms with Crippen molar-refractivity contribution in [3.63, 3.8) is 0 Å². The second kappa shape index (κ2) is 8.49. The Balaban J connectivity index is 1.64. The van der Waals surface area contributed by atoms with Crippen molar-refractivity contribution in [2.75, 3.05) is 4.90 Å². The minimum absolute atomic E-state index is 0.0191. The number of amides is 2. The molecular formula is C23H15ClN2O3S. The third kappa shape index (κ3) is 4.25. The van der Waals surface area contributed by atoms with Crippen LogP contribution in [0.4, 0.5) is 5.69 Å². The average Bonchev–Trinajstić information content (AvgIpc) is 2.73. The average molecular weight is 435 g/mol. The topological polar surface area (TPSA) is 58.6 Å². The number of anilines is 1. The highest BCUT2D eigenvalue weighted by Crippen LogP contribution is 2.26. The maximum Gasteiger partial charge on any atom is 0.270 e. The van der Waals surface area contributed by atoms with E-state index in [1.54, 1.807) is 48.5 Å². The van der Waals surface area contributed by atoms with E-state index in [0.29, 0.717) is 27.8 Å². The first-order chi connectivity index (χ1) is 14.5. The zero-order valence-corrected chi connectivity index (χ0v) is 17.1. The van der Waals surface area contributed by atoms with Gasteiger partial charge in [-0.25, -0.2) is 0 Å². The number of ether oxygens (including phenoxy) is 1. The molecule has 5 nitrogen and oxygen atoms in total. The Bertz CT molecular complexity index is 1160. The van der Waals surface area contributed by atoms with Gasteiger partial charge in [0.15, 0.2) is 5.11 Å². The monoisotopic (exact) mass is 434 g/mol. The molecule has 0 saturated carbocycles. The number of hydrogen-bond donors (Lipinski definition) is 1. The molecule has 1 fully saturated rings. The van der Waals surface area contributed by atoms with Crippen LogP contribution in [-0.2, 0) is 9.59 Å². The lowest BCUT2D eigenvalue weighted by atomic mass is 10.1. The van der Waals surface area contributed by atoms with Gasteiger partial charge in [-0.1, -0.05) is 41.9 Å². The Labute approximate surface area is 183 Å². The lowest BCUT2D eigenvalue weighted by Crippen LogP contribution is -2.54. The van der Waals surface area contributed by atoms with Gasteiger partial charge in [0.25, 0.3) is 11.8 Å². The van der Waals surface area contributed by atoms with Crippen molar-refractivity contribution < 1.29 is 14.3 Å². The third-order valence-electron chi connectivity index (χ3n) is 4.33. The van der Waals surface area contributed by atoms with Gasteiger partial charge in [0.1, 0.15) is 17.1 Å². The van der Waals surface area contributed by atoms with E-state index in [1.165, 1.54) is 11.0 Å². The van der Waals surface area contributed by atoms with Crippen LogP contribution in [0.3, 0.4) is 0 Å². The molecule has 0 atom stereocenters. The highest BCUT2D eigenvalue weighted by atomic mass is 35.5. The summed E-state index contributed by atoms with van der Waals surface area (Å²) in [6, 6.07) is 23.1. The SMILES string of the molecule is O=C1NC(=S)N(c2ccc(Cl)cc2)C(=O)C1=Cc1cccc(Oc2ccccc2)c1. The summed E-state index contributed by atoms with van der Waals surface area (Å²) in [6.07, 6.45) is 1.51. The molecule has 0 unspecified atom stereocenters. The summed E-state index contributed by atoms with van der Waals surface area (Å²) < 4.78 is 5.82. The van der Waals surface area contributed by atoms with Crippen LogP contribution in [0.25, 0.3) is 6.08 Å². The number of carbonyl (C=O) groups is 2. The van der Waals surface area contributed by atoms with Crippen LogP contribution < -0.4 is 15.0 Å². The molecule has 0 radical (unpaired) electrons. The summed E-state index contributed by atoms with van der Waals surface area (Å²) in [5.74, 6) is 0.211. The number of para-hydroxylation sites is 1. The van der Waals surface area contributed by atoms with Gasteiger partial charge in [0.2, 0.25) is 0 Å². The van der Waals surface area contributed by atoms with Crippen molar-refractivity contribution in [2.45, 2.75) is 0 Å². The van der Waals surface area contributed by atoms with Crippen LogP contribution in [0.2, 0.25) is 5.02 Å². The summed E-state index contributed by atoms with van der Waals surface area (Å²) in [6.45, 7) is 0. The molecule has 30 heavy (non-hydrogen) atoms. The number of nitrogens with zero attached hydrogens (tertiary/aromatic N) is 1. The van der Waals surface area contributed by atoms with Gasteiger partial charge < -0.3 is 4.74 Å². The second-order valence-corrected chi connectivity index (χ2v) is 7.25. The zero-order chi connectivity index (χ0) is 21.1. The molecule has 0 aliphatic carbocycles. The predicted octanol–water partition coefficient (Wildman–Crippen LogP) is 4.96. The van der Waals surface area contributed by atoms with E-state index in [4.69, 9.17) is 28.6 Å². The van der Waals surface area contributed by atoms with Crippen LogP contribution in [0.1, 0.15) is 5.56 Å². The fraction of sp³-hybridized carbons (Fsp3) is 0. The molecular weight excluding hydrogens is 420 g/mol. The summed E-state index contributed by atoms with van der Waals surface area (Å²) in [5, 5.41) is 3.11. The van der Waals surface area contributed by atoms with Gasteiger partial charge in [0.05, 0.1) is 5.69 Å². The lowest BCUT2D eigenvalue weighted by Gasteiger charge is -2.29. The molecule has 7 heteroatoms. The molecule has 0 aromatic heterocycles. The molecule has 148 valence electrons. The fourth-order valence-electron chi connectivity index (χ4n) is 2.94. The van der Waals surface area contributed by atoms with E-state index in [9.17, 15) is 9.59 Å². The molecule has 1 N–H and O–H groups in total. The number of benzene rings is 3. The zero-order valence-electron chi connectivity index (χ0n) is 15.5. The van der Waals surface area contributed by atoms with Crippen molar-refractivity contribution >= 4 is 52.5 Å². The molecule has 3 aromatic rings. The smallest absolute Gasteiger partial charge is 0.270 e. The van der Waals surface area contributed by atoms with E-state index in [2.05, 4.69) is 5.32 Å². The minimum Gasteiger partial charge on any atom is -0.457 e. The van der Waals surface area contributed by atoms with Crippen molar-refractivity contribution in [3.05, 3.63) is 95.0 Å². The van der Waals surface area contributed by atoms with Gasteiger partial charge >= 0.3 is 0 Å². The molecule has 0 spiro atoms. The maximum absolute atomic E-state index is 13.1. The number of rotatable bonds is 4. The van der Waals surface area contributed by atoms with Crippen LogP contribution in [0.5, 0.6) is 11.5 Å². The van der Waals surface area contributed by atoms with Gasteiger partial charge in [0, 0.05) is 5.02 Å². The van der Waals surface area contributed by atoms with Gasteiger partial charge in [-0.2, -0.15) is 0 Å². The molecule has 0 bridgehead atoms. The highest BCUT2D eigenvalue weighted by molar-refractivity contribution is 7.80. The van der Waals surface area contributed by atoms with Crippen molar-refractivity contribution in [1.29, 1.82) is 0 Å². The quantitative estimate of drug-likeness (QED) is 0.358. The first-order valence-electron chi connectivity index (χ1n) is 9.01. The first-order valence-corrected chi connectivity index (χ1v) is 9.80.